The number of aliphatic imine (C=N–C) groups is 2. The van der Waals surface area contributed by atoms with Crippen molar-refractivity contribution in [2.75, 3.05) is 0 Å². The Morgan fingerprint density at radius 2 is 1.08 bits per heavy atom. The summed E-state index contributed by atoms with van der Waals surface area (Å²) in [5.41, 5.74) is 10.5. The Kier molecular flexibility index (Phi) is 1.20. The Bertz CT molecular complexity index is 333. The Labute approximate surface area is 66.5 Å². The third-order valence-corrected chi connectivity index (χ3v) is 1.14. The van der Waals surface area contributed by atoms with Gasteiger partial charge in [-0.15, -0.1) is 20.5 Å². The molecular formula is C4H4N8. The molecule has 4 N–H and O–H groups in total. The molecule has 8 nitrogen and oxygen atoms in total. The molecule has 0 atom stereocenters. The van der Waals surface area contributed by atoms with Crippen LogP contribution < -0.4 is 11.5 Å². The van der Waals surface area contributed by atoms with Gasteiger partial charge in [0.1, 0.15) is 0 Å². The molecule has 0 aromatic heterocycles. The van der Waals surface area contributed by atoms with E-state index < -0.39 is 0 Å². The maximum absolute atomic E-state index is 5.23. The van der Waals surface area contributed by atoms with E-state index in [1.165, 1.54) is 0 Å². The van der Waals surface area contributed by atoms with E-state index in [0.717, 1.165) is 0 Å². The number of hydrogen-bond donors (Lipinski definition) is 2. The highest BCUT2D eigenvalue weighted by Gasteiger charge is 2.14. The number of guanidine groups is 2. The Balaban J connectivity index is 2.42. The molecule has 8 heteroatoms. The fourth-order valence-electron chi connectivity index (χ4n) is 0.693. The molecule has 2 rings (SSSR count). The van der Waals surface area contributed by atoms with E-state index in [4.69, 9.17) is 11.5 Å². The van der Waals surface area contributed by atoms with E-state index in [1.54, 1.807) is 0 Å². The molecule has 0 radical (unpaired) electrons. The van der Waals surface area contributed by atoms with Crippen LogP contribution in [0.3, 0.4) is 0 Å². The summed E-state index contributed by atoms with van der Waals surface area (Å²) in [5.74, 6) is 0.621. The zero-order chi connectivity index (χ0) is 8.55. The van der Waals surface area contributed by atoms with Crippen molar-refractivity contribution in [2.45, 2.75) is 0 Å². The lowest BCUT2D eigenvalue weighted by Crippen LogP contribution is -2.04. The summed E-state index contributed by atoms with van der Waals surface area (Å²) in [6.07, 6.45) is 0. The van der Waals surface area contributed by atoms with Crippen LogP contribution in [0.2, 0.25) is 0 Å². The first-order valence-electron chi connectivity index (χ1n) is 3.02. The van der Waals surface area contributed by atoms with Crippen LogP contribution in [0.4, 0.5) is 0 Å². The van der Waals surface area contributed by atoms with Crippen LogP contribution in [0, 0.1) is 0 Å². The lowest BCUT2D eigenvalue weighted by atomic mass is 10.7. The number of hydrogen-bond acceptors (Lipinski definition) is 8. The first-order valence-corrected chi connectivity index (χ1v) is 3.02. The Morgan fingerprint density at radius 3 is 1.33 bits per heavy atom. The van der Waals surface area contributed by atoms with Crippen LogP contribution in [0.25, 0.3) is 0 Å². The second kappa shape index (κ2) is 2.19. The number of nitrogens with two attached hydrogens (primary N) is 2. The molecular weight excluding hydrogens is 160 g/mol. The van der Waals surface area contributed by atoms with Gasteiger partial charge in [-0.25, -0.2) is 0 Å². The van der Waals surface area contributed by atoms with Crippen LogP contribution >= 0.6 is 0 Å². The molecule has 2 aliphatic rings. The standard InChI is InChI=1S/C4H4N8/c5-3-7-1(9-11-3)2-8-4(6)12-10-2/h(H2,5,7)(H2,6,8). The molecule has 60 valence electrons. The summed E-state index contributed by atoms with van der Waals surface area (Å²) in [6.45, 7) is 0. The van der Waals surface area contributed by atoms with Crippen LogP contribution in [-0.4, -0.2) is 11.9 Å². The van der Waals surface area contributed by atoms with E-state index in [2.05, 4.69) is 30.4 Å². The van der Waals surface area contributed by atoms with Gasteiger partial charge in [-0.1, -0.05) is 0 Å². The highest BCUT2D eigenvalue weighted by atomic mass is 15.4. The van der Waals surface area contributed by atoms with Gasteiger partial charge in [-0.05, 0) is 0 Å². The van der Waals surface area contributed by atoms with Crippen molar-refractivity contribution in [1.82, 2.24) is 0 Å². The Morgan fingerprint density at radius 1 is 0.667 bits per heavy atom. The molecule has 12 heavy (non-hydrogen) atoms. The van der Waals surface area contributed by atoms with Gasteiger partial charge in [0.05, 0.1) is 0 Å². The quantitative estimate of drug-likeness (QED) is 0.508. The summed E-state index contributed by atoms with van der Waals surface area (Å²) in [4.78, 5) is 7.46. The zero-order valence-corrected chi connectivity index (χ0v) is 5.84. The van der Waals surface area contributed by atoms with E-state index in [9.17, 15) is 0 Å². The molecule has 0 saturated carbocycles. The van der Waals surface area contributed by atoms with E-state index >= 15 is 0 Å². The third kappa shape index (κ3) is 0.944. The van der Waals surface area contributed by atoms with Gasteiger partial charge in [0.25, 0.3) is 0 Å². The molecule has 0 amide bonds. The minimum Gasteiger partial charge on any atom is -0.366 e. The smallest absolute Gasteiger partial charge is 0.242 e. The molecule has 0 aromatic carbocycles. The van der Waals surface area contributed by atoms with Crippen molar-refractivity contribution in [3.8, 4) is 0 Å². The SMILES string of the molecule is NC1=NC(=C2N=NC(N)=N2)N=N1. The minimum absolute atomic E-state index is 0.0772. The molecule has 2 aliphatic heterocycles. The van der Waals surface area contributed by atoms with Crippen LogP contribution in [-0.2, 0) is 0 Å². The van der Waals surface area contributed by atoms with Crippen LogP contribution in [0.1, 0.15) is 0 Å². The van der Waals surface area contributed by atoms with Gasteiger partial charge in [0.2, 0.25) is 23.6 Å². The first-order chi connectivity index (χ1) is 5.75. The van der Waals surface area contributed by atoms with Gasteiger partial charge < -0.3 is 11.5 Å². The number of nitrogens with zero attached hydrogens (tertiary/aromatic N) is 6. The van der Waals surface area contributed by atoms with Crippen molar-refractivity contribution in [1.29, 1.82) is 0 Å². The fraction of sp³-hybridized carbons (Fsp3) is 0. The zero-order valence-electron chi connectivity index (χ0n) is 5.84. The summed E-state index contributed by atoms with van der Waals surface area (Å²) in [7, 11) is 0. The molecule has 0 aliphatic carbocycles. The molecule has 0 aromatic rings. The average Bonchev–Trinajstić information content (AvgIpc) is 2.58. The van der Waals surface area contributed by atoms with Gasteiger partial charge in [0.15, 0.2) is 0 Å². The third-order valence-electron chi connectivity index (χ3n) is 1.14. The highest BCUT2D eigenvalue weighted by Crippen LogP contribution is 2.18. The van der Waals surface area contributed by atoms with Crippen molar-refractivity contribution in [3.63, 3.8) is 0 Å². The predicted octanol–water partition coefficient (Wildman–Crippen LogP) is -0.326. The summed E-state index contributed by atoms with van der Waals surface area (Å²) in [5, 5.41) is 14.1. The summed E-state index contributed by atoms with van der Waals surface area (Å²) in [6, 6.07) is 0. The monoisotopic (exact) mass is 164 g/mol. The maximum atomic E-state index is 5.23. The first kappa shape index (κ1) is 6.58. The Hall–Kier alpha value is -2.12. The second-order valence-electron chi connectivity index (χ2n) is 1.99. The van der Waals surface area contributed by atoms with Crippen molar-refractivity contribution >= 4 is 11.9 Å². The van der Waals surface area contributed by atoms with Crippen molar-refractivity contribution in [3.05, 3.63) is 11.6 Å². The predicted molar refractivity (Wildman–Crippen MR) is 40.0 cm³/mol. The van der Waals surface area contributed by atoms with Gasteiger partial charge >= 0.3 is 0 Å². The normalized spacial score (nSPS) is 26.3. The molecule has 2 heterocycles. The molecule has 0 saturated heterocycles. The number of azo groups is 2. The van der Waals surface area contributed by atoms with Crippen LogP contribution in [0.15, 0.2) is 42.1 Å². The lowest BCUT2D eigenvalue weighted by Gasteiger charge is -1.84. The fourth-order valence-corrected chi connectivity index (χ4v) is 0.693. The average molecular weight is 164 g/mol. The molecule has 0 fully saturated rings. The molecule has 0 bridgehead atoms. The maximum Gasteiger partial charge on any atom is 0.242 e. The van der Waals surface area contributed by atoms with Gasteiger partial charge in [0, 0.05) is 0 Å². The van der Waals surface area contributed by atoms with E-state index in [-0.39, 0.29) is 23.6 Å². The highest BCUT2D eigenvalue weighted by molar-refractivity contribution is 5.82. The van der Waals surface area contributed by atoms with Gasteiger partial charge in [-0.3, -0.25) is 0 Å². The number of rotatable bonds is 0. The summed E-state index contributed by atoms with van der Waals surface area (Å²) >= 11 is 0. The van der Waals surface area contributed by atoms with E-state index in [0.29, 0.717) is 0 Å². The molecule has 0 unspecified atom stereocenters. The van der Waals surface area contributed by atoms with Gasteiger partial charge in [-0.2, -0.15) is 9.98 Å². The lowest BCUT2D eigenvalue weighted by molar-refractivity contribution is 1.07. The topological polar surface area (TPSA) is 126 Å². The largest absolute Gasteiger partial charge is 0.366 e. The van der Waals surface area contributed by atoms with Crippen LogP contribution in [0.5, 0.6) is 0 Å². The van der Waals surface area contributed by atoms with Crippen molar-refractivity contribution in [2.24, 2.45) is 41.9 Å². The molecule has 0 spiro atoms. The van der Waals surface area contributed by atoms with Crippen molar-refractivity contribution < 1.29 is 0 Å². The second-order valence-corrected chi connectivity index (χ2v) is 1.99. The minimum atomic E-state index is 0.0772. The van der Waals surface area contributed by atoms with E-state index in [1.807, 2.05) is 0 Å². The summed E-state index contributed by atoms with van der Waals surface area (Å²) < 4.78 is 0.